The number of fused-ring (bicyclic) bond motifs is 1. The normalized spacial score (nSPS) is 16.8. The molecule has 0 saturated carbocycles. The van der Waals surface area contributed by atoms with Crippen molar-refractivity contribution in [3.8, 4) is 0 Å². The predicted octanol–water partition coefficient (Wildman–Crippen LogP) is 6.02. The maximum absolute atomic E-state index is 13.4. The highest BCUT2D eigenvalue weighted by molar-refractivity contribution is 8.15. The van der Waals surface area contributed by atoms with Crippen LogP contribution in [0.3, 0.4) is 0 Å². The molecule has 0 unspecified atom stereocenters. The van der Waals surface area contributed by atoms with E-state index in [0.29, 0.717) is 28.8 Å². The first kappa shape index (κ1) is 23.2. The lowest BCUT2D eigenvalue weighted by Gasteiger charge is -2.16. The number of rotatable bonds is 7. The van der Waals surface area contributed by atoms with E-state index in [9.17, 15) is 9.59 Å². The van der Waals surface area contributed by atoms with Crippen molar-refractivity contribution in [2.75, 3.05) is 11.9 Å². The van der Waals surface area contributed by atoms with Crippen molar-refractivity contribution in [1.82, 2.24) is 9.88 Å². The highest BCUT2D eigenvalue weighted by Gasteiger charge is 2.39. The zero-order valence-corrected chi connectivity index (χ0v) is 20.4. The zero-order valence-electron chi connectivity index (χ0n) is 18.8. The molecule has 0 bridgehead atoms. The molecule has 8 heteroatoms. The lowest BCUT2D eigenvalue weighted by molar-refractivity contribution is -0.128. The van der Waals surface area contributed by atoms with Crippen LogP contribution in [-0.2, 0) is 16.0 Å². The van der Waals surface area contributed by atoms with Gasteiger partial charge in [-0.25, -0.2) is 4.99 Å². The maximum atomic E-state index is 13.4. The van der Waals surface area contributed by atoms with Crippen LogP contribution in [0.1, 0.15) is 12.0 Å². The fraction of sp³-hybridized carbons (Fsp3) is 0.148. The van der Waals surface area contributed by atoms with E-state index in [-0.39, 0.29) is 18.2 Å². The Balaban J connectivity index is 1.35. The van der Waals surface area contributed by atoms with Gasteiger partial charge in [0.25, 0.3) is 0 Å². The molecule has 2 N–H and O–H groups in total. The SMILES string of the molecule is O=C(C[C@@H]1SC(=Nc2ccccc2)N(CCc2c[nH]c3ccc(Cl)cc23)C1=O)Nc1ccccc1. The van der Waals surface area contributed by atoms with Gasteiger partial charge in [0.2, 0.25) is 11.8 Å². The van der Waals surface area contributed by atoms with Gasteiger partial charge in [0.05, 0.1) is 5.69 Å². The van der Waals surface area contributed by atoms with Crippen molar-refractivity contribution in [1.29, 1.82) is 0 Å². The molecule has 6 nitrogen and oxygen atoms in total. The smallest absolute Gasteiger partial charge is 0.242 e. The summed E-state index contributed by atoms with van der Waals surface area (Å²) in [4.78, 5) is 35.7. The van der Waals surface area contributed by atoms with E-state index in [1.807, 2.05) is 85.1 Å². The van der Waals surface area contributed by atoms with Gasteiger partial charge in [-0.1, -0.05) is 59.8 Å². The molecule has 0 radical (unpaired) electrons. The second-order valence-corrected chi connectivity index (χ2v) is 9.80. The molecule has 2 heterocycles. The summed E-state index contributed by atoms with van der Waals surface area (Å²) < 4.78 is 0. The third kappa shape index (κ3) is 5.42. The molecule has 176 valence electrons. The molecule has 1 aliphatic rings. The number of aromatic nitrogens is 1. The van der Waals surface area contributed by atoms with E-state index < -0.39 is 5.25 Å². The van der Waals surface area contributed by atoms with Crippen LogP contribution < -0.4 is 5.32 Å². The fourth-order valence-electron chi connectivity index (χ4n) is 4.04. The van der Waals surface area contributed by atoms with E-state index in [1.165, 1.54) is 11.8 Å². The number of aliphatic imine (C=N–C) groups is 1. The average Bonchev–Trinajstić information content (AvgIpc) is 3.39. The Hall–Kier alpha value is -3.55. The number of H-pyrrole nitrogens is 1. The first-order valence-corrected chi connectivity index (χ1v) is 12.5. The number of amides is 2. The quantitative estimate of drug-likeness (QED) is 0.324. The number of nitrogens with zero attached hydrogens (tertiary/aromatic N) is 2. The van der Waals surface area contributed by atoms with Crippen molar-refractivity contribution >= 4 is 62.6 Å². The van der Waals surface area contributed by atoms with Crippen molar-refractivity contribution in [3.63, 3.8) is 0 Å². The number of para-hydroxylation sites is 2. The summed E-state index contributed by atoms with van der Waals surface area (Å²) in [6.07, 6.45) is 2.66. The second-order valence-electron chi connectivity index (χ2n) is 8.20. The highest BCUT2D eigenvalue weighted by Crippen LogP contribution is 2.32. The molecule has 5 rings (SSSR count). The maximum Gasteiger partial charge on any atom is 0.242 e. The Morgan fingerprint density at radius 1 is 1.06 bits per heavy atom. The van der Waals surface area contributed by atoms with E-state index in [4.69, 9.17) is 16.6 Å². The summed E-state index contributed by atoms with van der Waals surface area (Å²) in [7, 11) is 0. The number of amidine groups is 1. The summed E-state index contributed by atoms with van der Waals surface area (Å²) >= 11 is 7.54. The third-order valence-electron chi connectivity index (χ3n) is 5.76. The van der Waals surface area contributed by atoms with E-state index in [1.54, 1.807) is 4.90 Å². The van der Waals surface area contributed by atoms with Gasteiger partial charge in [-0.05, 0) is 54.4 Å². The van der Waals surface area contributed by atoms with E-state index >= 15 is 0 Å². The lowest BCUT2D eigenvalue weighted by Crippen LogP contribution is -2.35. The van der Waals surface area contributed by atoms with Crippen LogP contribution in [0.2, 0.25) is 5.02 Å². The van der Waals surface area contributed by atoms with Crippen LogP contribution in [-0.4, -0.2) is 38.7 Å². The van der Waals surface area contributed by atoms with Crippen LogP contribution in [0.5, 0.6) is 0 Å². The Kier molecular flexibility index (Phi) is 6.88. The lowest BCUT2D eigenvalue weighted by atomic mass is 10.1. The molecule has 1 aliphatic heterocycles. The molecule has 0 spiro atoms. The van der Waals surface area contributed by atoms with Crippen molar-refractivity contribution in [3.05, 3.63) is 95.6 Å². The number of anilines is 1. The minimum absolute atomic E-state index is 0.0748. The largest absolute Gasteiger partial charge is 0.361 e. The van der Waals surface area contributed by atoms with Crippen molar-refractivity contribution < 1.29 is 9.59 Å². The number of carbonyl (C=O) groups is 2. The van der Waals surface area contributed by atoms with Gasteiger partial charge in [0.15, 0.2) is 5.17 Å². The Morgan fingerprint density at radius 3 is 2.57 bits per heavy atom. The van der Waals surface area contributed by atoms with Gasteiger partial charge >= 0.3 is 0 Å². The molecule has 1 aromatic heterocycles. The van der Waals surface area contributed by atoms with Gasteiger partial charge in [0, 0.05) is 40.8 Å². The number of thioether (sulfide) groups is 1. The molecule has 4 aromatic rings. The van der Waals surface area contributed by atoms with Gasteiger partial charge in [-0.3, -0.25) is 14.5 Å². The Bertz CT molecular complexity index is 1390. The minimum atomic E-state index is -0.529. The predicted molar refractivity (Wildman–Crippen MR) is 143 cm³/mol. The number of halogens is 1. The minimum Gasteiger partial charge on any atom is -0.361 e. The summed E-state index contributed by atoms with van der Waals surface area (Å²) in [5.74, 6) is -0.306. The van der Waals surface area contributed by atoms with Gasteiger partial charge in [-0.15, -0.1) is 0 Å². The van der Waals surface area contributed by atoms with Crippen LogP contribution in [0, 0.1) is 0 Å². The summed E-state index contributed by atoms with van der Waals surface area (Å²) in [6, 6.07) is 24.5. The zero-order chi connectivity index (χ0) is 24.2. The summed E-state index contributed by atoms with van der Waals surface area (Å²) in [5, 5.41) is 4.66. The monoisotopic (exact) mass is 502 g/mol. The molecular formula is C27H23ClN4O2S. The van der Waals surface area contributed by atoms with E-state index in [2.05, 4.69) is 10.3 Å². The fourth-order valence-corrected chi connectivity index (χ4v) is 5.39. The summed E-state index contributed by atoms with van der Waals surface area (Å²) in [6.45, 7) is 0.452. The van der Waals surface area contributed by atoms with Crippen molar-refractivity contribution in [2.45, 2.75) is 18.1 Å². The highest BCUT2D eigenvalue weighted by atomic mass is 35.5. The average molecular weight is 503 g/mol. The van der Waals surface area contributed by atoms with Crippen LogP contribution in [0.4, 0.5) is 11.4 Å². The number of hydrogen-bond acceptors (Lipinski definition) is 4. The van der Waals surface area contributed by atoms with Crippen LogP contribution in [0.15, 0.2) is 90.1 Å². The molecule has 3 aromatic carbocycles. The number of hydrogen-bond donors (Lipinski definition) is 2. The van der Waals surface area contributed by atoms with Gasteiger partial charge in [-0.2, -0.15) is 0 Å². The molecule has 1 fully saturated rings. The standard InChI is InChI=1S/C27H23ClN4O2S/c28-19-11-12-23-22(15-19)18(17-29-23)13-14-32-26(34)24(16-25(33)30-20-7-3-1-4-8-20)35-27(32)31-21-9-5-2-6-10-21/h1-12,15,17,24,29H,13-14,16H2,(H,30,33)/t24-/m0/s1. The topological polar surface area (TPSA) is 77.6 Å². The Labute approximate surface area is 212 Å². The molecular weight excluding hydrogens is 480 g/mol. The number of nitrogens with one attached hydrogen (secondary N) is 2. The van der Waals surface area contributed by atoms with E-state index in [0.717, 1.165) is 22.2 Å². The molecule has 0 aliphatic carbocycles. The second kappa shape index (κ2) is 10.4. The molecule has 1 atom stereocenters. The van der Waals surface area contributed by atoms with Crippen LogP contribution >= 0.6 is 23.4 Å². The third-order valence-corrected chi connectivity index (χ3v) is 7.17. The first-order valence-electron chi connectivity index (χ1n) is 11.3. The van der Waals surface area contributed by atoms with Crippen molar-refractivity contribution in [2.24, 2.45) is 4.99 Å². The molecule has 1 saturated heterocycles. The molecule has 2 amide bonds. The number of carbonyl (C=O) groups excluding carboxylic acids is 2. The number of aromatic amines is 1. The van der Waals surface area contributed by atoms with Gasteiger partial charge < -0.3 is 10.3 Å². The number of benzene rings is 3. The Morgan fingerprint density at radius 2 is 1.80 bits per heavy atom. The van der Waals surface area contributed by atoms with Crippen LogP contribution in [0.25, 0.3) is 10.9 Å². The van der Waals surface area contributed by atoms with Gasteiger partial charge in [0.1, 0.15) is 5.25 Å². The summed E-state index contributed by atoms with van der Waals surface area (Å²) in [5.41, 5.74) is 3.55. The first-order chi connectivity index (χ1) is 17.1. The molecule has 35 heavy (non-hydrogen) atoms.